The van der Waals surface area contributed by atoms with Crippen LogP contribution in [0.5, 0.6) is 0 Å². The summed E-state index contributed by atoms with van der Waals surface area (Å²) in [5, 5.41) is 5.04. The summed E-state index contributed by atoms with van der Waals surface area (Å²) >= 11 is 4.57. The Kier molecular flexibility index (Phi) is 3.70. The largest absolute Gasteiger partial charge is 0.453 e. The van der Waals surface area contributed by atoms with E-state index < -0.39 is 6.09 Å². The van der Waals surface area contributed by atoms with Crippen molar-refractivity contribution in [3.63, 3.8) is 0 Å². The van der Waals surface area contributed by atoms with Crippen molar-refractivity contribution in [3.05, 3.63) is 0 Å². The zero-order valence-electron chi connectivity index (χ0n) is 5.22. The molecule has 0 saturated heterocycles. The van der Waals surface area contributed by atoms with Gasteiger partial charge in [0, 0.05) is 7.05 Å². The molecule has 0 spiro atoms. The van der Waals surface area contributed by atoms with E-state index in [1.807, 2.05) is 0 Å². The van der Waals surface area contributed by atoms with Gasteiger partial charge in [-0.15, -0.1) is 0 Å². The van der Waals surface area contributed by atoms with Gasteiger partial charge in [0.05, 0.1) is 7.11 Å². The quantitative estimate of drug-likeness (QED) is 0.469. The second-order valence-electron chi connectivity index (χ2n) is 1.20. The molecule has 9 heavy (non-hydrogen) atoms. The van der Waals surface area contributed by atoms with Crippen molar-refractivity contribution in [3.8, 4) is 0 Å². The smallest absolute Gasteiger partial charge is 0.413 e. The number of alkyl carbamates (subject to hydrolysis) is 1. The average molecular weight is 148 g/mol. The lowest BCUT2D eigenvalue weighted by Gasteiger charge is -2.01. The molecule has 0 aliphatic rings. The van der Waals surface area contributed by atoms with Gasteiger partial charge in [-0.05, 0) is 12.2 Å². The monoisotopic (exact) mass is 148 g/mol. The third-order valence-corrected chi connectivity index (χ3v) is 0.934. The number of methoxy groups -OCH3 is 1. The van der Waals surface area contributed by atoms with E-state index in [4.69, 9.17) is 0 Å². The summed E-state index contributed by atoms with van der Waals surface area (Å²) in [6, 6.07) is 0. The van der Waals surface area contributed by atoms with E-state index in [1.165, 1.54) is 7.11 Å². The number of carbonyl (C=O) groups is 1. The van der Waals surface area contributed by atoms with E-state index in [9.17, 15) is 4.79 Å². The van der Waals surface area contributed by atoms with Gasteiger partial charge in [-0.25, -0.2) is 4.79 Å². The third kappa shape index (κ3) is 3.72. The highest BCUT2D eigenvalue weighted by molar-refractivity contribution is 7.80. The van der Waals surface area contributed by atoms with Crippen molar-refractivity contribution in [2.75, 3.05) is 14.2 Å². The summed E-state index contributed by atoms with van der Waals surface area (Å²) < 4.78 is 4.25. The second-order valence-corrected chi connectivity index (χ2v) is 1.60. The van der Waals surface area contributed by atoms with Crippen molar-refractivity contribution >= 4 is 23.4 Å². The van der Waals surface area contributed by atoms with Gasteiger partial charge < -0.3 is 10.1 Å². The standard InChI is InChI=1S/C4H8N2O2S/c1-5-3(9)6-4(7)8-2/h1-2H3,(H2,5,6,7,9). The summed E-state index contributed by atoms with van der Waals surface area (Å²) in [7, 11) is 2.88. The first-order chi connectivity index (χ1) is 4.20. The molecule has 0 aliphatic carbocycles. The van der Waals surface area contributed by atoms with Crippen LogP contribution in [-0.2, 0) is 4.74 Å². The number of ether oxygens (including phenoxy) is 1. The van der Waals surface area contributed by atoms with E-state index in [2.05, 4.69) is 27.6 Å². The van der Waals surface area contributed by atoms with Crippen LogP contribution in [0.2, 0.25) is 0 Å². The first-order valence-corrected chi connectivity index (χ1v) is 2.68. The second kappa shape index (κ2) is 4.08. The molecule has 0 bridgehead atoms. The molecule has 0 unspecified atom stereocenters. The SMILES string of the molecule is CNC(=S)NC(=O)OC. The molecule has 0 heterocycles. The fourth-order valence-electron chi connectivity index (χ4n) is 0.206. The Morgan fingerprint density at radius 1 is 1.67 bits per heavy atom. The van der Waals surface area contributed by atoms with E-state index in [-0.39, 0.29) is 5.11 Å². The lowest BCUT2D eigenvalue weighted by Crippen LogP contribution is -2.36. The number of thiocarbonyl (C=S) groups is 1. The molecular weight excluding hydrogens is 140 g/mol. The Balaban J connectivity index is 3.47. The van der Waals surface area contributed by atoms with Gasteiger partial charge in [0.2, 0.25) is 0 Å². The minimum Gasteiger partial charge on any atom is -0.453 e. The molecule has 0 radical (unpaired) electrons. The van der Waals surface area contributed by atoms with Crippen molar-refractivity contribution in [1.29, 1.82) is 0 Å². The van der Waals surface area contributed by atoms with Crippen LogP contribution < -0.4 is 10.6 Å². The lowest BCUT2D eigenvalue weighted by molar-refractivity contribution is 0.177. The molecule has 4 nitrogen and oxygen atoms in total. The van der Waals surface area contributed by atoms with Crippen molar-refractivity contribution < 1.29 is 9.53 Å². The predicted molar refractivity (Wildman–Crippen MR) is 37.2 cm³/mol. The fraction of sp³-hybridized carbons (Fsp3) is 0.500. The van der Waals surface area contributed by atoms with Crippen LogP contribution in [0.4, 0.5) is 4.79 Å². The lowest BCUT2D eigenvalue weighted by atomic mass is 10.9. The maximum absolute atomic E-state index is 10.3. The number of rotatable bonds is 0. The van der Waals surface area contributed by atoms with Gasteiger partial charge in [0.1, 0.15) is 0 Å². The van der Waals surface area contributed by atoms with Crippen LogP contribution in [0.25, 0.3) is 0 Å². The highest BCUT2D eigenvalue weighted by Crippen LogP contribution is 1.69. The predicted octanol–water partition coefficient (Wildman–Crippen LogP) is -0.153. The van der Waals surface area contributed by atoms with E-state index >= 15 is 0 Å². The topological polar surface area (TPSA) is 50.4 Å². The molecule has 1 amide bonds. The Bertz CT molecular complexity index is 112. The van der Waals surface area contributed by atoms with Gasteiger partial charge >= 0.3 is 6.09 Å². The minimum absolute atomic E-state index is 0.252. The van der Waals surface area contributed by atoms with Crippen molar-refractivity contribution in [2.45, 2.75) is 0 Å². The Labute approximate surface area is 58.6 Å². The van der Waals surface area contributed by atoms with Crippen LogP contribution in [0, 0.1) is 0 Å². The molecule has 0 fully saturated rings. The maximum Gasteiger partial charge on any atom is 0.413 e. The highest BCUT2D eigenvalue weighted by atomic mass is 32.1. The van der Waals surface area contributed by atoms with Crippen LogP contribution in [0.15, 0.2) is 0 Å². The Morgan fingerprint density at radius 3 is 2.56 bits per heavy atom. The zero-order valence-corrected chi connectivity index (χ0v) is 6.04. The first kappa shape index (κ1) is 8.16. The number of carbonyl (C=O) groups excluding carboxylic acids is 1. The first-order valence-electron chi connectivity index (χ1n) is 2.27. The zero-order chi connectivity index (χ0) is 7.28. The average Bonchev–Trinajstić information content (AvgIpc) is 1.87. The van der Waals surface area contributed by atoms with Crippen LogP contribution in [-0.4, -0.2) is 25.4 Å². The third-order valence-electron chi connectivity index (χ3n) is 0.628. The number of nitrogens with one attached hydrogen (secondary N) is 2. The molecule has 0 saturated carbocycles. The molecule has 0 atom stereocenters. The van der Waals surface area contributed by atoms with E-state index in [0.717, 1.165) is 0 Å². The number of hydrogen-bond acceptors (Lipinski definition) is 3. The highest BCUT2D eigenvalue weighted by Gasteiger charge is 1.98. The Morgan fingerprint density at radius 2 is 2.22 bits per heavy atom. The maximum atomic E-state index is 10.3. The van der Waals surface area contributed by atoms with Crippen LogP contribution >= 0.6 is 12.2 Å². The summed E-state index contributed by atoms with van der Waals surface area (Å²) in [5.74, 6) is 0. The Hall–Kier alpha value is -0.840. The van der Waals surface area contributed by atoms with Gasteiger partial charge in [-0.2, -0.15) is 0 Å². The van der Waals surface area contributed by atoms with Gasteiger partial charge in [-0.1, -0.05) is 0 Å². The fourth-order valence-corrected chi connectivity index (χ4v) is 0.290. The van der Waals surface area contributed by atoms with E-state index in [1.54, 1.807) is 7.05 Å². The molecule has 0 aliphatic heterocycles. The van der Waals surface area contributed by atoms with Crippen LogP contribution in [0.1, 0.15) is 0 Å². The number of amides is 1. The van der Waals surface area contributed by atoms with Gasteiger partial charge in [-0.3, -0.25) is 5.32 Å². The summed E-state index contributed by atoms with van der Waals surface area (Å²) in [5.41, 5.74) is 0. The van der Waals surface area contributed by atoms with Gasteiger partial charge in [0.25, 0.3) is 0 Å². The van der Waals surface area contributed by atoms with Gasteiger partial charge in [0.15, 0.2) is 5.11 Å². The molecule has 0 aromatic rings. The summed E-state index contributed by atoms with van der Waals surface area (Å²) in [4.78, 5) is 10.3. The number of hydrogen-bond donors (Lipinski definition) is 2. The molecular formula is C4H8N2O2S. The summed E-state index contributed by atoms with van der Waals surface area (Å²) in [6.07, 6.45) is -0.561. The molecule has 2 N–H and O–H groups in total. The van der Waals surface area contributed by atoms with E-state index in [0.29, 0.717) is 0 Å². The molecule has 5 heteroatoms. The molecule has 0 rings (SSSR count). The normalized spacial score (nSPS) is 7.78. The summed E-state index contributed by atoms with van der Waals surface area (Å²) in [6.45, 7) is 0. The minimum atomic E-state index is -0.561. The van der Waals surface area contributed by atoms with Crippen LogP contribution in [0.3, 0.4) is 0 Å². The van der Waals surface area contributed by atoms with Crippen molar-refractivity contribution in [1.82, 2.24) is 10.6 Å². The van der Waals surface area contributed by atoms with Crippen molar-refractivity contribution in [2.24, 2.45) is 0 Å². The molecule has 52 valence electrons. The molecule has 0 aromatic carbocycles. The molecule has 0 aromatic heterocycles.